The van der Waals surface area contributed by atoms with Crippen LogP contribution >= 0.6 is 0 Å². The van der Waals surface area contributed by atoms with Crippen LogP contribution in [0.4, 0.5) is 0 Å². The van der Waals surface area contributed by atoms with E-state index in [-0.39, 0.29) is 0 Å². The molecular formula is C48H32N2. The molecule has 0 saturated carbocycles. The Morgan fingerprint density at radius 3 is 1.46 bits per heavy atom. The van der Waals surface area contributed by atoms with Crippen LogP contribution in [0.5, 0.6) is 0 Å². The fraction of sp³-hybridized carbons (Fsp3) is 0. The normalized spacial score (nSPS) is 11.6. The lowest BCUT2D eigenvalue weighted by atomic mass is 9.97. The van der Waals surface area contributed by atoms with Crippen LogP contribution in [0.1, 0.15) is 0 Å². The molecule has 2 nitrogen and oxygen atoms in total. The van der Waals surface area contributed by atoms with Crippen molar-refractivity contribution in [2.45, 2.75) is 0 Å². The Morgan fingerprint density at radius 2 is 0.740 bits per heavy atom. The van der Waals surface area contributed by atoms with E-state index in [9.17, 15) is 0 Å². The minimum absolute atomic E-state index is 1.17. The zero-order chi connectivity index (χ0) is 33.0. The second-order valence-corrected chi connectivity index (χ2v) is 13.0. The Labute approximate surface area is 290 Å². The van der Waals surface area contributed by atoms with Crippen molar-refractivity contribution in [1.82, 2.24) is 9.13 Å². The van der Waals surface area contributed by atoms with Crippen molar-refractivity contribution in [3.8, 4) is 44.8 Å². The summed E-state index contributed by atoms with van der Waals surface area (Å²) in [4.78, 5) is 0. The van der Waals surface area contributed by atoms with Crippen LogP contribution in [0.2, 0.25) is 0 Å². The predicted octanol–water partition coefficient (Wildman–Crippen LogP) is 12.9. The van der Waals surface area contributed by atoms with E-state index < -0.39 is 0 Å². The van der Waals surface area contributed by atoms with Gasteiger partial charge in [0.15, 0.2) is 0 Å². The number of rotatable bonds is 5. The van der Waals surface area contributed by atoms with Crippen molar-refractivity contribution in [3.05, 3.63) is 194 Å². The van der Waals surface area contributed by atoms with Gasteiger partial charge in [0.1, 0.15) is 0 Å². The molecule has 0 saturated heterocycles. The van der Waals surface area contributed by atoms with Crippen LogP contribution in [0.15, 0.2) is 194 Å². The SMILES string of the molecule is c1ccc(-c2ccc3c(c2)c2ccccc2n3-c2ccccc2-c2cccc(-c3ccc4c(c3)c3ccccc3n4-c3ccccc3)c2)cc1. The van der Waals surface area contributed by atoms with E-state index in [0.717, 1.165) is 0 Å². The lowest BCUT2D eigenvalue weighted by Crippen LogP contribution is -1.97. The summed E-state index contributed by atoms with van der Waals surface area (Å²) < 4.78 is 4.81. The first-order chi connectivity index (χ1) is 24.8. The van der Waals surface area contributed by atoms with Crippen LogP contribution in [-0.4, -0.2) is 9.13 Å². The lowest BCUT2D eigenvalue weighted by molar-refractivity contribution is 1.18. The minimum atomic E-state index is 1.17. The summed E-state index contributed by atoms with van der Waals surface area (Å²) in [6.45, 7) is 0. The first kappa shape index (κ1) is 28.4. The third kappa shape index (κ3) is 4.50. The maximum absolute atomic E-state index is 2.44. The third-order valence-corrected chi connectivity index (χ3v) is 10.1. The predicted molar refractivity (Wildman–Crippen MR) is 211 cm³/mol. The van der Waals surface area contributed by atoms with E-state index in [0.29, 0.717) is 0 Å². The fourth-order valence-electron chi connectivity index (χ4n) is 7.83. The number of fused-ring (bicyclic) bond motifs is 6. The van der Waals surface area contributed by atoms with Crippen molar-refractivity contribution < 1.29 is 0 Å². The molecule has 2 heteroatoms. The Morgan fingerprint density at radius 1 is 0.260 bits per heavy atom. The molecular weight excluding hydrogens is 605 g/mol. The maximum Gasteiger partial charge on any atom is 0.0541 e. The van der Waals surface area contributed by atoms with Gasteiger partial charge in [0.25, 0.3) is 0 Å². The summed E-state index contributed by atoms with van der Waals surface area (Å²) in [6, 6.07) is 70.4. The summed E-state index contributed by atoms with van der Waals surface area (Å²) in [5.74, 6) is 0. The van der Waals surface area contributed by atoms with Gasteiger partial charge in [-0.15, -0.1) is 0 Å². The molecule has 50 heavy (non-hydrogen) atoms. The quantitative estimate of drug-likeness (QED) is 0.178. The molecule has 0 N–H and O–H groups in total. The van der Waals surface area contributed by atoms with Gasteiger partial charge in [-0.3, -0.25) is 0 Å². The highest BCUT2D eigenvalue weighted by atomic mass is 15.0. The molecule has 0 radical (unpaired) electrons. The van der Waals surface area contributed by atoms with Gasteiger partial charge in [-0.2, -0.15) is 0 Å². The van der Waals surface area contributed by atoms with Gasteiger partial charge >= 0.3 is 0 Å². The molecule has 0 aliphatic rings. The Hall–Kier alpha value is -6.64. The largest absolute Gasteiger partial charge is 0.309 e. The zero-order valence-corrected chi connectivity index (χ0v) is 27.4. The number of benzene rings is 8. The third-order valence-electron chi connectivity index (χ3n) is 10.1. The molecule has 0 aliphatic carbocycles. The number of aromatic nitrogens is 2. The average molecular weight is 637 g/mol. The molecule has 0 fully saturated rings. The van der Waals surface area contributed by atoms with E-state index in [1.165, 1.54) is 88.4 Å². The molecule has 10 aromatic rings. The smallest absolute Gasteiger partial charge is 0.0541 e. The van der Waals surface area contributed by atoms with Gasteiger partial charge in [0.2, 0.25) is 0 Å². The molecule has 0 atom stereocenters. The highest BCUT2D eigenvalue weighted by Gasteiger charge is 2.17. The van der Waals surface area contributed by atoms with Gasteiger partial charge in [-0.25, -0.2) is 0 Å². The fourth-order valence-corrected chi connectivity index (χ4v) is 7.83. The molecule has 0 spiro atoms. The number of nitrogens with zero attached hydrogens (tertiary/aromatic N) is 2. The van der Waals surface area contributed by atoms with E-state index in [1.807, 2.05) is 0 Å². The molecule has 0 bridgehead atoms. The van der Waals surface area contributed by atoms with Gasteiger partial charge in [-0.1, -0.05) is 133 Å². The highest BCUT2D eigenvalue weighted by Crippen LogP contribution is 2.40. The zero-order valence-electron chi connectivity index (χ0n) is 27.4. The van der Waals surface area contributed by atoms with E-state index >= 15 is 0 Å². The van der Waals surface area contributed by atoms with Gasteiger partial charge in [-0.05, 0) is 88.5 Å². The lowest BCUT2D eigenvalue weighted by Gasteiger charge is -2.15. The average Bonchev–Trinajstić information content (AvgIpc) is 3.71. The second kappa shape index (κ2) is 11.5. The van der Waals surface area contributed by atoms with Gasteiger partial charge in [0.05, 0.1) is 27.8 Å². The summed E-state index contributed by atoms with van der Waals surface area (Å²) in [5, 5.41) is 5.03. The second-order valence-electron chi connectivity index (χ2n) is 13.0. The molecule has 2 aromatic heterocycles. The first-order valence-electron chi connectivity index (χ1n) is 17.2. The van der Waals surface area contributed by atoms with Crippen LogP contribution in [-0.2, 0) is 0 Å². The number of hydrogen-bond donors (Lipinski definition) is 0. The molecule has 8 aromatic carbocycles. The molecule has 2 heterocycles. The van der Waals surface area contributed by atoms with Crippen LogP contribution in [0.25, 0.3) is 88.4 Å². The van der Waals surface area contributed by atoms with E-state index in [2.05, 4.69) is 203 Å². The minimum Gasteiger partial charge on any atom is -0.309 e. The van der Waals surface area contributed by atoms with Crippen molar-refractivity contribution in [2.24, 2.45) is 0 Å². The monoisotopic (exact) mass is 636 g/mol. The molecule has 0 unspecified atom stereocenters. The summed E-state index contributed by atoms with van der Waals surface area (Å²) in [5.41, 5.74) is 14.4. The summed E-state index contributed by atoms with van der Waals surface area (Å²) in [7, 11) is 0. The molecule has 234 valence electrons. The van der Waals surface area contributed by atoms with Crippen LogP contribution < -0.4 is 0 Å². The Kier molecular flexibility index (Phi) is 6.53. The van der Waals surface area contributed by atoms with Crippen LogP contribution in [0.3, 0.4) is 0 Å². The highest BCUT2D eigenvalue weighted by molar-refractivity contribution is 6.12. The van der Waals surface area contributed by atoms with E-state index in [4.69, 9.17) is 0 Å². The molecule has 0 amide bonds. The first-order valence-corrected chi connectivity index (χ1v) is 17.2. The number of para-hydroxylation sites is 4. The number of hydrogen-bond acceptors (Lipinski definition) is 0. The summed E-state index contributed by atoms with van der Waals surface area (Å²) >= 11 is 0. The van der Waals surface area contributed by atoms with Crippen molar-refractivity contribution in [1.29, 1.82) is 0 Å². The topological polar surface area (TPSA) is 9.86 Å². The van der Waals surface area contributed by atoms with Gasteiger partial charge < -0.3 is 9.13 Å². The van der Waals surface area contributed by atoms with Gasteiger partial charge in [0, 0.05) is 32.8 Å². The maximum atomic E-state index is 2.44. The van der Waals surface area contributed by atoms with Crippen LogP contribution in [0, 0.1) is 0 Å². The summed E-state index contributed by atoms with van der Waals surface area (Å²) in [6.07, 6.45) is 0. The van der Waals surface area contributed by atoms with Crippen molar-refractivity contribution in [3.63, 3.8) is 0 Å². The molecule has 10 rings (SSSR count). The Bertz CT molecular complexity index is 2860. The van der Waals surface area contributed by atoms with E-state index in [1.54, 1.807) is 0 Å². The van der Waals surface area contributed by atoms with Crippen molar-refractivity contribution >= 4 is 43.6 Å². The van der Waals surface area contributed by atoms with Crippen molar-refractivity contribution in [2.75, 3.05) is 0 Å². The molecule has 0 aliphatic heterocycles. The Balaban J connectivity index is 1.12. The standard InChI is InChI=1S/C48H32N2/c1-3-14-33(15-4-1)35-26-29-48-43(31-35)41-22-9-12-25-46(41)50(48)44-23-10-7-20-39(44)37-17-13-16-34(30-37)36-27-28-47-42(32-36)40-21-8-11-24-45(40)49(47)38-18-5-2-6-19-38/h1-32H.